The topological polar surface area (TPSA) is 104 Å². The van der Waals surface area contributed by atoms with Crippen LogP contribution in [0.25, 0.3) is 0 Å². The fourth-order valence-electron chi connectivity index (χ4n) is 2.53. The third kappa shape index (κ3) is 2.13. The summed E-state index contributed by atoms with van der Waals surface area (Å²) in [5, 5.41) is 19.7. The number of imide groups is 1. The number of carbonyl (C=O) groups excluding carboxylic acids is 2. The van der Waals surface area contributed by atoms with Crippen molar-refractivity contribution in [2.75, 3.05) is 4.90 Å². The Morgan fingerprint density at radius 1 is 1.09 bits per heavy atom. The predicted molar refractivity (Wildman–Crippen MR) is 80.1 cm³/mol. The Hall–Kier alpha value is -3.53. The van der Waals surface area contributed by atoms with Gasteiger partial charge in [0.1, 0.15) is 0 Å². The molecule has 1 aliphatic rings. The summed E-state index contributed by atoms with van der Waals surface area (Å²) in [6, 6.07) is 10.1. The predicted octanol–water partition coefficient (Wildman–Crippen LogP) is 2.58. The summed E-state index contributed by atoms with van der Waals surface area (Å²) in [5.41, 5.74) is 1.27. The third-order valence-electron chi connectivity index (χ3n) is 3.65. The molecule has 2 amide bonds. The van der Waals surface area contributed by atoms with Gasteiger partial charge in [0.25, 0.3) is 17.5 Å². The second-order valence-corrected chi connectivity index (χ2v) is 5.05. The molecule has 2 aromatic rings. The number of carbonyl (C=O) groups is 2. The molecular weight excluding hydrogens is 298 g/mol. The van der Waals surface area contributed by atoms with Crippen molar-refractivity contribution in [1.29, 1.82) is 5.26 Å². The zero-order chi connectivity index (χ0) is 16.7. The normalized spacial score (nSPS) is 13.0. The molecule has 1 aliphatic heterocycles. The number of nitro groups is 1. The molecule has 0 aromatic heterocycles. The lowest BCUT2D eigenvalue weighted by molar-refractivity contribution is -0.384. The second-order valence-electron chi connectivity index (χ2n) is 5.05. The summed E-state index contributed by atoms with van der Waals surface area (Å²) in [6.07, 6.45) is 0. The van der Waals surface area contributed by atoms with Gasteiger partial charge in [-0.1, -0.05) is 0 Å². The summed E-state index contributed by atoms with van der Waals surface area (Å²) >= 11 is 0. The van der Waals surface area contributed by atoms with E-state index in [0.717, 1.165) is 4.90 Å². The van der Waals surface area contributed by atoms with Crippen LogP contribution in [0.5, 0.6) is 0 Å². The maximum atomic E-state index is 12.5. The number of nitriles is 1. The molecule has 7 nitrogen and oxygen atoms in total. The minimum absolute atomic E-state index is 0.116. The Kier molecular flexibility index (Phi) is 3.15. The number of nitro benzene ring substituents is 1. The molecule has 3 rings (SSSR count). The molecule has 1 heterocycles. The molecule has 0 bridgehead atoms. The van der Waals surface area contributed by atoms with Gasteiger partial charge in [-0.05, 0) is 36.8 Å². The molecule has 0 atom stereocenters. The van der Waals surface area contributed by atoms with Crippen molar-refractivity contribution in [3.05, 3.63) is 68.8 Å². The van der Waals surface area contributed by atoms with E-state index in [2.05, 4.69) is 0 Å². The van der Waals surface area contributed by atoms with Gasteiger partial charge in [0.2, 0.25) is 0 Å². The number of nitrogens with zero attached hydrogens (tertiary/aromatic N) is 3. The van der Waals surface area contributed by atoms with Gasteiger partial charge < -0.3 is 0 Å². The Morgan fingerprint density at radius 3 is 2.39 bits per heavy atom. The van der Waals surface area contributed by atoms with Gasteiger partial charge >= 0.3 is 0 Å². The van der Waals surface area contributed by atoms with Crippen LogP contribution < -0.4 is 4.90 Å². The zero-order valence-corrected chi connectivity index (χ0v) is 11.9. The van der Waals surface area contributed by atoms with Crippen molar-refractivity contribution in [3.63, 3.8) is 0 Å². The van der Waals surface area contributed by atoms with Crippen LogP contribution in [0.2, 0.25) is 0 Å². The highest BCUT2D eigenvalue weighted by molar-refractivity contribution is 6.34. The second kappa shape index (κ2) is 5.03. The van der Waals surface area contributed by atoms with Gasteiger partial charge in [-0.25, -0.2) is 4.90 Å². The first-order valence-corrected chi connectivity index (χ1v) is 6.62. The maximum absolute atomic E-state index is 12.5. The number of fused-ring (bicyclic) bond motifs is 1. The molecule has 0 N–H and O–H groups in total. The van der Waals surface area contributed by atoms with Gasteiger partial charge in [0, 0.05) is 12.1 Å². The number of benzene rings is 2. The molecule has 0 spiro atoms. The number of aryl methyl sites for hydroxylation is 1. The lowest BCUT2D eigenvalue weighted by Gasteiger charge is -2.16. The standard InChI is InChI=1S/C16H9N3O4/c1-9-6-11(19(22)23)3-5-14(9)18-15(20)12-4-2-10(8-17)7-13(12)16(18)21/h2-7H,1H3. The molecule has 112 valence electrons. The summed E-state index contributed by atoms with van der Waals surface area (Å²) in [6.45, 7) is 1.59. The molecule has 0 saturated heterocycles. The monoisotopic (exact) mass is 307 g/mol. The number of anilines is 1. The zero-order valence-electron chi connectivity index (χ0n) is 11.9. The van der Waals surface area contributed by atoms with Crippen molar-refractivity contribution in [2.45, 2.75) is 6.92 Å². The quantitative estimate of drug-likeness (QED) is 0.481. The van der Waals surface area contributed by atoms with E-state index in [9.17, 15) is 19.7 Å². The van der Waals surface area contributed by atoms with Crippen LogP contribution in [-0.4, -0.2) is 16.7 Å². The van der Waals surface area contributed by atoms with E-state index < -0.39 is 16.7 Å². The smallest absolute Gasteiger partial charge is 0.268 e. The van der Waals surface area contributed by atoms with Gasteiger partial charge in [-0.3, -0.25) is 19.7 Å². The van der Waals surface area contributed by atoms with E-state index in [0.29, 0.717) is 11.3 Å². The van der Waals surface area contributed by atoms with Crippen molar-refractivity contribution >= 4 is 23.2 Å². The lowest BCUT2D eigenvalue weighted by atomic mass is 10.1. The lowest BCUT2D eigenvalue weighted by Crippen LogP contribution is -2.30. The SMILES string of the molecule is Cc1cc([N+](=O)[O-])ccc1N1C(=O)c2ccc(C#N)cc2C1=O. The fourth-order valence-corrected chi connectivity index (χ4v) is 2.53. The highest BCUT2D eigenvalue weighted by Gasteiger charge is 2.37. The molecule has 0 fully saturated rings. The Bertz CT molecular complexity index is 927. The van der Waals surface area contributed by atoms with Crippen molar-refractivity contribution in [2.24, 2.45) is 0 Å². The highest BCUT2D eigenvalue weighted by atomic mass is 16.6. The maximum Gasteiger partial charge on any atom is 0.269 e. The summed E-state index contributed by atoms with van der Waals surface area (Å²) in [5.74, 6) is -1.05. The minimum Gasteiger partial charge on any atom is -0.268 e. The molecule has 0 unspecified atom stereocenters. The molecule has 0 aliphatic carbocycles. The number of amides is 2. The Morgan fingerprint density at radius 2 is 1.78 bits per heavy atom. The third-order valence-corrected chi connectivity index (χ3v) is 3.65. The molecule has 7 heteroatoms. The van der Waals surface area contributed by atoms with Gasteiger partial charge in [0.05, 0.1) is 33.4 Å². The fraction of sp³-hybridized carbons (Fsp3) is 0.0625. The minimum atomic E-state index is -0.543. The molecule has 2 aromatic carbocycles. The highest BCUT2D eigenvalue weighted by Crippen LogP contribution is 2.32. The Labute approximate surface area is 130 Å². The van der Waals surface area contributed by atoms with Crippen LogP contribution in [0.3, 0.4) is 0 Å². The van der Waals surface area contributed by atoms with E-state index in [1.807, 2.05) is 6.07 Å². The van der Waals surface area contributed by atoms with Crippen molar-refractivity contribution in [1.82, 2.24) is 0 Å². The average Bonchev–Trinajstić information content (AvgIpc) is 2.78. The molecular formula is C16H9N3O4. The van der Waals surface area contributed by atoms with Crippen molar-refractivity contribution in [3.8, 4) is 6.07 Å². The average molecular weight is 307 g/mol. The van der Waals surface area contributed by atoms with Crippen molar-refractivity contribution < 1.29 is 14.5 Å². The van der Waals surface area contributed by atoms with Crippen LogP contribution in [-0.2, 0) is 0 Å². The van der Waals surface area contributed by atoms with E-state index in [4.69, 9.17) is 5.26 Å². The number of non-ortho nitro benzene ring substituents is 1. The largest absolute Gasteiger partial charge is 0.269 e. The van der Waals surface area contributed by atoms with Crippen LogP contribution >= 0.6 is 0 Å². The first-order chi connectivity index (χ1) is 10.9. The first-order valence-electron chi connectivity index (χ1n) is 6.62. The summed E-state index contributed by atoms with van der Waals surface area (Å²) in [7, 11) is 0. The van der Waals surface area contributed by atoms with Crippen LogP contribution in [0.1, 0.15) is 31.8 Å². The first kappa shape index (κ1) is 14.4. The number of hydrogen-bond acceptors (Lipinski definition) is 5. The van der Waals surface area contributed by atoms with Crippen LogP contribution in [0, 0.1) is 28.4 Å². The number of rotatable bonds is 2. The molecule has 23 heavy (non-hydrogen) atoms. The Balaban J connectivity index is 2.09. The summed E-state index contributed by atoms with van der Waals surface area (Å²) < 4.78 is 0. The molecule has 0 saturated carbocycles. The van der Waals surface area contributed by atoms with E-state index in [-0.39, 0.29) is 22.4 Å². The van der Waals surface area contributed by atoms with Crippen LogP contribution in [0.4, 0.5) is 11.4 Å². The van der Waals surface area contributed by atoms with Gasteiger partial charge in [-0.2, -0.15) is 5.26 Å². The number of hydrogen-bond donors (Lipinski definition) is 0. The van der Waals surface area contributed by atoms with E-state index >= 15 is 0 Å². The van der Waals surface area contributed by atoms with E-state index in [1.165, 1.54) is 36.4 Å². The van der Waals surface area contributed by atoms with E-state index in [1.54, 1.807) is 6.92 Å². The summed E-state index contributed by atoms with van der Waals surface area (Å²) in [4.78, 5) is 36.2. The molecule has 0 radical (unpaired) electrons. The van der Waals surface area contributed by atoms with Gasteiger partial charge in [0.15, 0.2) is 0 Å². The van der Waals surface area contributed by atoms with Gasteiger partial charge in [-0.15, -0.1) is 0 Å². The van der Waals surface area contributed by atoms with Crippen LogP contribution in [0.15, 0.2) is 36.4 Å².